The smallest absolute Gasteiger partial charge is 0.0503 e. The number of aromatic nitrogens is 1. The largest absolute Gasteiger partial charge is 0.271 e. The molecular weight excluding hydrogens is 222 g/mol. The lowest BCUT2D eigenvalue weighted by molar-refractivity contribution is 0.548. The zero-order valence-electron chi connectivity index (χ0n) is 10.9. The number of nitrogens with zero attached hydrogens (tertiary/aromatic N) is 1. The van der Waals surface area contributed by atoms with Gasteiger partial charge in [-0.15, -0.1) is 0 Å². The number of aryl methyl sites for hydroxylation is 1. The van der Waals surface area contributed by atoms with Crippen LogP contribution in [-0.4, -0.2) is 4.98 Å². The van der Waals surface area contributed by atoms with Crippen molar-refractivity contribution in [2.45, 2.75) is 26.3 Å². The van der Waals surface area contributed by atoms with E-state index in [9.17, 15) is 0 Å². The molecule has 3 heteroatoms. The predicted molar refractivity (Wildman–Crippen MR) is 73.9 cm³/mol. The molecule has 94 valence electrons. The van der Waals surface area contributed by atoms with Crippen LogP contribution < -0.4 is 11.3 Å². The first-order valence-corrected chi connectivity index (χ1v) is 6.13. The van der Waals surface area contributed by atoms with Gasteiger partial charge in [-0.25, -0.2) is 0 Å². The topological polar surface area (TPSA) is 50.9 Å². The van der Waals surface area contributed by atoms with Crippen molar-refractivity contribution in [2.75, 3.05) is 0 Å². The minimum absolute atomic E-state index is 0.120. The molecule has 2 rings (SSSR count). The van der Waals surface area contributed by atoms with E-state index in [-0.39, 0.29) is 6.04 Å². The van der Waals surface area contributed by atoms with Gasteiger partial charge in [-0.05, 0) is 48.6 Å². The number of hydrogen-bond donors (Lipinski definition) is 2. The van der Waals surface area contributed by atoms with Gasteiger partial charge in [0.05, 0.1) is 6.04 Å². The first-order valence-electron chi connectivity index (χ1n) is 6.13. The van der Waals surface area contributed by atoms with Crippen molar-refractivity contribution < 1.29 is 0 Å². The minimum Gasteiger partial charge on any atom is -0.271 e. The first kappa shape index (κ1) is 12.7. The maximum atomic E-state index is 5.70. The van der Waals surface area contributed by atoms with E-state index in [0.717, 1.165) is 6.42 Å². The average Bonchev–Trinajstić information content (AvgIpc) is 2.41. The molecule has 0 aliphatic rings. The standard InChI is InChI=1S/C15H19N3/c1-11-5-3-7-14(12(11)2)15(18-16)9-13-6-4-8-17-10-13/h3-8,10,15,18H,9,16H2,1-2H3. The molecule has 1 unspecified atom stereocenters. The van der Waals surface area contributed by atoms with Gasteiger partial charge in [0, 0.05) is 12.4 Å². The fourth-order valence-corrected chi connectivity index (χ4v) is 2.16. The summed E-state index contributed by atoms with van der Waals surface area (Å²) in [6, 6.07) is 10.5. The number of nitrogens with one attached hydrogen (secondary N) is 1. The summed E-state index contributed by atoms with van der Waals surface area (Å²) >= 11 is 0. The summed E-state index contributed by atoms with van der Waals surface area (Å²) in [6.07, 6.45) is 4.51. The average molecular weight is 241 g/mol. The Morgan fingerprint density at radius 3 is 2.72 bits per heavy atom. The zero-order valence-corrected chi connectivity index (χ0v) is 10.9. The molecular formula is C15H19N3. The van der Waals surface area contributed by atoms with Gasteiger partial charge in [-0.2, -0.15) is 0 Å². The van der Waals surface area contributed by atoms with Crippen LogP contribution in [0.3, 0.4) is 0 Å². The van der Waals surface area contributed by atoms with Gasteiger partial charge in [0.1, 0.15) is 0 Å². The van der Waals surface area contributed by atoms with E-state index in [4.69, 9.17) is 5.84 Å². The summed E-state index contributed by atoms with van der Waals surface area (Å²) in [4.78, 5) is 4.14. The van der Waals surface area contributed by atoms with Crippen molar-refractivity contribution in [1.82, 2.24) is 10.4 Å². The molecule has 0 aliphatic carbocycles. The molecule has 18 heavy (non-hydrogen) atoms. The van der Waals surface area contributed by atoms with Crippen molar-refractivity contribution in [3.05, 3.63) is 65.0 Å². The molecule has 0 amide bonds. The Hall–Kier alpha value is -1.71. The summed E-state index contributed by atoms with van der Waals surface area (Å²) in [6.45, 7) is 4.26. The van der Waals surface area contributed by atoms with Crippen molar-refractivity contribution in [3.63, 3.8) is 0 Å². The van der Waals surface area contributed by atoms with Crippen LogP contribution in [0.15, 0.2) is 42.7 Å². The molecule has 2 aromatic rings. The lowest BCUT2D eigenvalue weighted by Crippen LogP contribution is -2.30. The minimum atomic E-state index is 0.120. The second-order valence-corrected chi connectivity index (χ2v) is 4.57. The van der Waals surface area contributed by atoms with Crippen molar-refractivity contribution >= 4 is 0 Å². The van der Waals surface area contributed by atoms with E-state index in [2.05, 4.69) is 48.5 Å². The van der Waals surface area contributed by atoms with E-state index in [0.29, 0.717) is 0 Å². The molecule has 0 saturated carbocycles. The van der Waals surface area contributed by atoms with E-state index in [1.807, 2.05) is 12.3 Å². The molecule has 1 aromatic carbocycles. The third kappa shape index (κ3) is 2.75. The van der Waals surface area contributed by atoms with Crippen LogP contribution in [0.25, 0.3) is 0 Å². The zero-order chi connectivity index (χ0) is 13.0. The Labute approximate surface area is 108 Å². The van der Waals surface area contributed by atoms with Gasteiger partial charge < -0.3 is 0 Å². The maximum absolute atomic E-state index is 5.70. The summed E-state index contributed by atoms with van der Waals surface area (Å²) < 4.78 is 0. The predicted octanol–water partition coefficient (Wildman–Crippen LogP) is 2.45. The summed E-state index contributed by atoms with van der Waals surface area (Å²) in [5.74, 6) is 5.70. The first-order chi connectivity index (χ1) is 8.72. The molecule has 1 atom stereocenters. The van der Waals surface area contributed by atoms with Crippen LogP contribution in [-0.2, 0) is 6.42 Å². The molecule has 3 N–H and O–H groups in total. The van der Waals surface area contributed by atoms with Gasteiger partial charge in [0.25, 0.3) is 0 Å². The highest BCUT2D eigenvalue weighted by Gasteiger charge is 2.13. The fraction of sp³-hybridized carbons (Fsp3) is 0.267. The van der Waals surface area contributed by atoms with Crippen LogP contribution >= 0.6 is 0 Å². The number of benzene rings is 1. The highest BCUT2D eigenvalue weighted by molar-refractivity contribution is 5.36. The summed E-state index contributed by atoms with van der Waals surface area (Å²) in [5, 5.41) is 0. The molecule has 3 nitrogen and oxygen atoms in total. The van der Waals surface area contributed by atoms with Gasteiger partial charge in [0.2, 0.25) is 0 Å². The number of rotatable bonds is 4. The van der Waals surface area contributed by atoms with Gasteiger partial charge in [-0.1, -0.05) is 24.3 Å². The van der Waals surface area contributed by atoms with Crippen LogP contribution in [0.4, 0.5) is 0 Å². The van der Waals surface area contributed by atoms with Crippen molar-refractivity contribution in [2.24, 2.45) is 5.84 Å². The van der Waals surface area contributed by atoms with Gasteiger partial charge >= 0.3 is 0 Å². The quantitative estimate of drug-likeness (QED) is 0.638. The number of pyridine rings is 1. The lowest BCUT2D eigenvalue weighted by Gasteiger charge is -2.19. The Balaban J connectivity index is 2.26. The van der Waals surface area contributed by atoms with Crippen molar-refractivity contribution in [3.8, 4) is 0 Å². The molecule has 0 fully saturated rings. The maximum Gasteiger partial charge on any atom is 0.0503 e. The highest BCUT2D eigenvalue weighted by Crippen LogP contribution is 2.22. The molecule has 1 aromatic heterocycles. The third-order valence-electron chi connectivity index (χ3n) is 3.39. The number of nitrogens with two attached hydrogens (primary N) is 1. The van der Waals surface area contributed by atoms with Crippen molar-refractivity contribution in [1.29, 1.82) is 0 Å². The lowest BCUT2D eigenvalue weighted by atomic mass is 9.94. The molecule has 0 aliphatic heterocycles. The Bertz CT molecular complexity index is 508. The van der Waals surface area contributed by atoms with Crippen LogP contribution in [0.2, 0.25) is 0 Å². The summed E-state index contributed by atoms with van der Waals surface area (Å²) in [7, 11) is 0. The van der Waals surface area contributed by atoms with Gasteiger partial charge in [0.15, 0.2) is 0 Å². The highest BCUT2D eigenvalue weighted by atomic mass is 15.2. The Morgan fingerprint density at radius 2 is 2.06 bits per heavy atom. The fourth-order valence-electron chi connectivity index (χ4n) is 2.16. The molecule has 0 radical (unpaired) electrons. The van der Waals surface area contributed by atoms with E-state index in [1.54, 1.807) is 6.20 Å². The SMILES string of the molecule is Cc1cccc(C(Cc2cccnc2)NN)c1C. The number of hydrazine groups is 1. The summed E-state index contributed by atoms with van der Waals surface area (Å²) in [5.41, 5.74) is 7.93. The molecule has 0 spiro atoms. The normalized spacial score (nSPS) is 12.4. The van der Waals surface area contributed by atoms with Gasteiger partial charge in [-0.3, -0.25) is 16.3 Å². The second-order valence-electron chi connectivity index (χ2n) is 4.57. The molecule has 0 saturated heterocycles. The molecule has 1 heterocycles. The van der Waals surface area contributed by atoms with E-state index >= 15 is 0 Å². The number of hydrogen-bond acceptors (Lipinski definition) is 3. The van der Waals surface area contributed by atoms with E-state index in [1.165, 1.54) is 22.3 Å². The van der Waals surface area contributed by atoms with Crippen LogP contribution in [0.1, 0.15) is 28.3 Å². The molecule has 0 bridgehead atoms. The third-order valence-corrected chi connectivity index (χ3v) is 3.39. The second kappa shape index (κ2) is 5.76. The van der Waals surface area contributed by atoms with Crippen LogP contribution in [0.5, 0.6) is 0 Å². The monoisotopic (exact) mass is 241 g/mol. The van der Waals surface area contributed by atoms with E-state index < -0.39 is 0 Å². The Morgan fingerprint density at radius 1 is 1.22 bits per heavy atom. The van der Waals surface area contributed by atoms with Crippen LogP contribution in [0, 0.1) is 13.8 Å². The Kier molecular flexibility index (Phi) is 4.07.